The summed E-state index contributed by atoms with van der Waals surface area (Å²) in [6.45, 7) is 2.42. The Hall–Kier alpha value is -2.80. The Labute approximate surface area is 149 Å². The van der Waals surface area contributed by atoms with Crippen molar-refractivity contribution in [2.45, 2.75) is 13.5 Å². The second kappa shape index (κ2) is 7.85. The Morgan fingerprint density at radius 3 is 2.88 bits per heavy atom. The maximum atomic E-state index is 12.2. The molecule has 7 heteroatoms. The number of thiophene rings is 1. The van der Waals surface area contributed by atoms with Gasteiger partial charge in [0, 0.05) is 0 Å². The number of carbonyl (C=O) groups excluding carboxylic acids is 1. The zero-order valence-electron chi connectivity index (χ0n) is 13.9. The maximum Gasteiger partial charge on any atom is 0.338 e. The second-order valence-corrected chi connectivity index (χ2v) is 5.94. The van der Waals surface area contributed by atoms with Gasteiger partial charge >= 0.3 is 5.97 Å². The van der Waals surface area contributed by atoms with E-state index in [4.69, 9.17) is 18.6 Å². The highest BCUT2D eigenvalue weighted by atomic mass is 32.1. The molecule has 0 bridgehead atoms. The standard InChI is InChI=1S/C18H17NO5S/c1-3-22-14-7-6-12(9-15(14)21-2)18(20)24-11-13-10-23-17(19-13)16-5-4-8-25-16/h4-10H,3,11H2,1-2H3. The van der Waals surface area contributed by atoms with Crippen LogP contribution in [0.3, 0.4) is 0 Å². The monoisotopic (exact) mass is 359 g/mol. The van der Waals surface area contributed by atoms with E-state index in [9.17, 15) is 4.79 Å². The summed E-state index contributed by atoms with van der Waals surface area (Å²) in [5, 5.41) is 1.94. The minimum Gasteiger partial charge on any atom is -0.493 e. The molecule has 3 aromatic rings. The fourth-order valence-corrected chi connectivity index (χ4v) is 2.83. The Balaban J connectivity index is 1.64. The summed E-state index contributed by atoms with van der Waals surface area (Å²) in [7, 11) is 1.52. The minimum absolute atomic E-state index is 0.0310. The molecule has 130 valence electrons. The highest BCUT2D eigenvalue weighted by Crippen LogP contribution is 2.28. The van der Waals surface area contributed by atoms with Crippen molar-refractivity contribution in [1.82, 2.24) is 4.98 Å². The fourth-order valence-electron chi connectivity index (χ4n) is 2.18. The van der Waals surface area contributed by atoms with Gasteiger partial charge < -0.3 is 18.6 Å². The fraction of sp³-hybridized carbons (Fsp3) is 0.222. The third kappa shape index (κ3) is 4.00. The van der Waals surface area contributed by atoms with Crippen molar-refractivity contribution in [3.63, 3.8) is 0 Å². The van der Waals surface area contributed by atoms with Gasteiger partial charge in [0.05, 0.1) is 24.2 Å². The summed E-state index contributed by atoms with van der Waals surface area (Å²) in [6, 6.07) is 8.74. The first-order valence-corrected chi connectivity index (χ1v) is 8.55. The van der Waals surface area contributed by atoms with Crippen LogP contribution in [0.2, 0.25) is 0 Å². The Morgan fingerprint density at radius 2 is 2.16 bits per heavy atom. The lowest BCUT2D eigenvalue weighted by Gasteiger charge is -2.10. The predicted octanol–water partition coefficient (Wildman–Crippen LogP) is 4.17. The lowest BCUT2D eigenvalue weighted by atomic mass is 10.2. The topological polar surface area (TPSA) is 70.8 Å². The van der Waals surface area contributed by atoms with Crippen molar-refractivity contribution in [1.29, 1.82) is 0 Å². The number of rotatable bonds is 7. The summed E-state index contributed by atoms with van der Waals surface area (Å²) in [5.74, 6) is 1.11. The zero-order chi connectivity index (χ0) is 17.6. The number of benzene rings is 1. The van der Waals surface area contributed by atoms with Gasteiger partial charge in [-0.25, -0.2) is 9.78 Å². The van der Waals surface area contributed by atoms with Crippen LogP contribution in [0.15, 0.2) is 46.4 Å². The largest absolute Gasteiger partial charge is 0.493 e. The smallest absolute Gasteiger partial charge is 0.338 e. The van der Waals surface area contributed by atoms with Crippen LogP contribution in [-0.2, 0) is 11.3 Å². The first-order chi connectivity index (χ1) is 12.2. The summed E-state index contributed by atoms with van der Waals surface area (Å²) in [5.41, 5.74) is 0.928. The molecule has 1 aromatic carbocycles. The average molecular weight is 359 g/mol. The minimum atomic E-state index is -0.470. The van der Waals surface area contributed by atoms with Crippen molar-refractivity contribution in [3.8, 4) is 22.3 Å². The first kappa shape index (κ1) is 17.0. The molecule has 0 saturated heterocycles. The average Bonchev–Trinajstić information content (AvgIpc) is 3.31. The van der Waals surface area contributed by atoms with Crippen LogP contribution in [0.1, 0.15) is 23.0 Å². The van der Waals surface area contributed by atoms with Gasteiger partial charge in [-0.15, -0.1) is 11.3 Å². The number of oxazole rings is 1. The van der Waals surface area contributed by atoms with E-state index in [0.29, 0.717) is 35.3 Å². The van der Waals surface area contributed by atoms with Crippen molar-refractivity contribution in [2.75, 3.05) is 13.7 Å². The molecule has 6 nitrogen and oxygen atoms in total. The van der Waals surface area contributed by atoms with Crippen LogP contribution >= 0.6 is 11.3 Å². The number of nitrogens with zero attached hydrogens (tertiary/aromatic N) is 1. The Morgan fingerprint density at radius 1 is 1.28 bits per heavy atom. The van der Waals surface area contributed by atoms with Crippen LogP contribution in [0.25, 0.3) is 10.8 Å². The summed E-state index contributed by atoms with van der Waals surface area (Å²) in [6.07, 6.45) is 1.49. The molecule has 2 aromatic heterocycles. The Bertz CT molecular complexity index is 841. The van der Waals surface area contributed by atoms with Crippen molar-refractivity contribution < 1.29 is 23.4 Å². The number of hydrogen-bond acceptors (Lipinski definition) is 7. The molecule has 0 amide bonds. The quantitative estimate of drug-likeness (QED) is 0.590. The highest BCUT2D eigenvalue weighted by Gasteiger charge is 2.14. The van der Waals surface area contributed by atoms with Crippen LogP contribution in [-0.4, -0.2) is 24.7 Å². The van der Waals surface area contributed by atoms with E-state index < -0.39 is 5.97 Å². The van der Waals surface area contributed by atoms with Crippen LogP contribution in [0.5, 0.6) is 11.5 Å². The van der Waals surface area contributed by atoms with Gasteiger partial charge in [-0.2, -0.15) is 0 Å². The molecule has 0 aliphatic heterocycles. The molecular formula is C18H17NO5S. The van der Waals surface area contributed by atoms with Crippen molar-refractivity contribution >= 4 is 17.3 Å². The molecule has 0 spiro atoms. The van der Waals surface area contributed by atoms with E-state index in [0.717, 1.165) is 4.88 Å². The van der Waals surface area contributed by atoms with Crippen LogP contribution in [0.4, 0.5) is 0 Å². The van der Waals surface area contributed by atoms with E-state index in [1.54, 1.807) is 18.2 Å². The predicted molar refractivity (Wildman–Crippen MR) is 93.1 cm³/mol. The van der Waals surface area contributed by atoms with E-state index in [-0.39, 0.29) is 6.61 Å². The van der Waals surface area contributed by atoms with Gasteiger partial charge in [0.1, 0.15) is 18.6 Å². The summed E-state index contributed by atoms with van der Waals surface area (Å²) in [4.78, 5) is 17.5. The molecule has 2 heterocycles. The van der Waals surface area contributed by atoms with E-state index in [2.05, 4.69) is 4.98 Å². The third-order valence-electron chi connectivity index (χ3n) is 3.33. The van der Waals surface area contributed by atoms with E-state index in [1.807, 2.05) is 24.4 Å². The number of aromatic nitrogens is 1. The van der Waals surface area contributed by atoms with Crippen molar-refractivity contribution in [2.24, 2.45) is 0 Å². The number of methoxy groups -OCH3 is 1. The molecule has 0 saturated carbocycles. The van der Waals surface area contributed by atoms with Gasteiger partial charge in [0.25, 0.3) is 0 Å². The van der Waals surface area contributed by atoms with Gasteiger partial charge in [0.15, 0.2) is 11.5 Å². The molecular weight excluding hydrogens is 342 g/mol. The molecule has 0 fully saturated rings. The molecule has 0 unspecified atom stereocenters. The van der Waals surface area contributed by atoms with Crippen molar-refractivity contribution in [3.05, 3.63) is 53.2 Å². The molecule has 0 N–H and O–H groups in total. The highest BCUT2D eigenvalue weighted by molar-refractivity contribution is 7.13. The SMILES string of the molecule is CCOc1ccc(C(=O)OCc2coc(-c3cccs3)n2)cc1OC. The van der Waals surface area contributed by atoms with Gasteiger partial charge in [-0.1, -0.05) is 6.07 Å². The van der Waals surface area contributed by atoms with Crippen LogP contribution < -0.4 is 9.47 Å². The lowest BCUT2D eigenvalue weighted by Crippen LogP contribution is -2.06. The molecule has 25 heavy (non-hydrogen) atoms. The lowest BCUT2D eigenvalue weighted by molar-refractivity contribution is 0.0467. The maximum absolute atomic E-state index is 12.2. The summed E-state index contributed by atoms with van der Waals surface area (Å²) < 4.78 is 21.4. The third-order valence-corrected chi connectivity index (χ3v) is 4.19. The zero-order valence-corrected chi connectivity index (χ0v) is 14.7. The second-order valence-electron chi connectivity index (χ2n) is 5.00. The Kier molecular flexibility index (Phi) is 5.35. The molecule has 0 aliphatic rings. The molecule has 0 radical (unpaired) electrons. The number of ether oxygens (including phenoxy) is 3. The first-order valence-electron chi connectivity index (χ1n) is 7.67. The van der Waals surface area contributed by atoms with Gasteiger partial charge in [-0.05, 0) is 36.6 Å². The van der Waals surface area contributed by atoms with E-state index in [1.165, 1.54) is 24.7 Å². The van der Waals surface area contributed by atoms with E-state index >= 15 is 0 Å². The number of esters is 1. The molecule has 0 aliphatic carbocycles. The summed E-state index contributed by atoms with van der Waals surface area (Å²) >= 11 is 1.53. The number of hydrogen-bond donors (Lipinski definition) is 0. The van der Waals surface area contributed by atoms with Gasteiger partial charge in [0.2, 0.25) is 5.89 Å². The molecule has 0 atom stereocenters. The number of carbonyl (C=O) groups is 1. The normalized spacial score (nSPS) is 10.5. The van der Waals surface area contributed by atoms with Gasteiger partial charge in [-0.3, -0.25) is 0 Å². The van der Waals surface area contributed by atoms with Crippen LogP contribution in [0, 0.1) is 0 Å². The molecule has 3 rings (SSSR count).